The van der Waals surface area contributed by atoms with Crippen molar-refractivity contribution in [3.05, 3.63) is 0 Å². The van der Waals surface area contributed by atoms with E-state index in [9.17, 15) is 9.59 Å². The fourth-order valence-electron chi connectivity index (χ4n) is 2.47. The van der Waals surface area contributed by atoms with Crippen LogP contribution in [-0.2, 0) is 14.3 Å². The van der Waals surface area contributed by atoms with Gasteiger partial charge in [-0.1, -0.05) is 13.8 Å². The summed E-state index contributed by atoms with van der Waals surface area (Å²) in [5.74, 6) is 0.498. The number of esters is 1. The summed E-state index contributed by atoms with van der Waals surface area (Å²) < 4.78 is 4.55. The molecule has 0 spiro atoms. The summed E-state index contributed by atoms with van der Waals surface area (Å²) in [5.41, 5.74) is 0. The first kappa shape index (κ1) is 17.9. The van der Waals surface area contributed by atoms with Gasteiger partial charge in [-0.3, -0.25) is 14.5 Å². The van der Waals surface area contributed by atoms with Crippen LogP contribution in [0.1, 0.15) is 26.7 Å². The Morgan fingerprint density at radius 3 is 2.33 bits per heavy atom. The molecule has 122 valence electrons. The molecular formula is C15H29N3O3. The Kier molecular flexibility index (Phi) is 8.30. The number of hydrogen-bond acceptors (Lipinski definition) is 5. The van der Waals surface area contributed by atoms with E-state index >= 15 is 0 Å². The van der Waals surface area contributed by atoms with Crippen molar-refractivity contribution >= 4 is 11.9 Å². The molecule has 0 bridgehead atoms. The SMILES string of the molecule is COC(=O)CCCNC(=O)CN1CCN(CC(C)C)CC1. The standard InChI is InChI=1S/C15H29N3O3/c1-13(2)11-17-7-9-18(10-8-17)12-14(19)16-6-4-5-15(20)21-3/h13H,4-12H2,1-3H3,(H,16,19). The van der Waals surface area contributed by atoms with Crippen LogP contribution in [0.4, 0.5) is 0 Å². The lowest BCUT2D eigenvalue weighted by Gasteiger charge is -2.35. The molecule has 1 aliphatic rings. The van der Waals surface area contributed by atoms with Gasteiger partial charge in [0.2, 0.25) is 5.91 Å². The molecule has 1 saturated heterocycles. The molecule has 0 radical (unpaired) electrons. The molecule has 1 amide bonds. The lowest BCUT2D eigenvalue weighted by molar-refractivity contribution is -0.140. The zero-order chi connectivity index (χ0) is 15.7. The van der Waals surface area contributed by atoms with Crippen molar-refractivity contribution in [1.29, 1.82) is 0 Å². The van der Waals surface area contributed by atoms with E-state index in [4.69, 9.17) is 0 Å². The van der Waals surface area contributed by atoms with Crippen LogP contribution in [0.25, 0.3) is 0 Å². The van der Waals surface area contributed by atoms with Gasteiger partial charge in [0.05, 0.1) is 13.7 Å². The Morgan fingerprint density at radius 2 is 1.76 bits per heavy atom. The second kappa shape index (κ2) is 9.73. The Hall–Kier alpha value is -1.14. The number of nitrogens with zero attached hydrogens (tertiary/aromatic N) is 2. The average Bonchev–Trinajstić information content (AvgIpc) is 2.45. The molecule has 1 fully saturated rings. The van der Waals surface area contributed by atoms with E-state index in [1.54, 1.807) is 0 Å². The number of carbonyl (C=O) groups is 2. The van der Waals surface area contributed by atoms with Crippen LogP contribution < -0.4 is 5.32 Å². The van der Waals surface area contributed by atoms with Crippen molar-refractivity contribution in [2.45, 2.75) is 26.7 Å². The van der Waals surface area contributed by atoms with Crippen molar-refractivity contribution in [2.75, 3.05) is 52.9 Å². The topological polar surface area (TPSA) is 61.9 Å². The summed E-state index contributed by atoms with van der Waals surface area (Å²) in [5, 5.41) is 2.85. The Bertz CT molecular complexity index is 326. The molecule has 0 atom stereocenters. The third-order valence-corrected chi connectivity index (χ3v) is 3.56. The van der Waals surface area contributed by atoms with Gasteiger partial charge in [-0.25, -0.2) is 0 Å². The molecule has 0 unspecified atom stereocenters. The number of amides is 1. The van der Waals surface area contributed by atoms with Crippen molar-refractivity contribution in [1.82, 2.24) is 15.1 Å². The van der Waals surface area contributed by atoms with Crippen molar-refractivity contribution in [3.63, 3.8) is 0 Å². The molecule has 21 heavy (non-hydrogen) atoms. The lowest BCUT2D eigenvalue weighted by Crippen LogP contribution is -2.50. The summed E-state index contributed by atoms with van der Waals surface area (Å²) in [7, 11) is 1.37. The van der Waals surface area contributed by atoms with E-state index in [0.717, 1.165) is 32.7 Å². The molecule has 0 aliphatic carbocycles. The maximum atomic E-state index is 11.8. The van der Waals surface area contributed by atoms with Gasteiger partial charge in [0.15, 0.2) is 0 Å². The molecule has 0 aromatic heterocycles. The number of hydrogen-bond donors (Lipinski definition) is 1. The molecule has 6 heteroatoms. The van der Waals surface area contributed by atoms with Gasteiger partial charge in [0, 0.05) is 45.7 Å². The molecule has 6 nitrogen and oxygen atoms in total. The number of rotatable bonds is 8. The molecule has 0 saturated carbocycles. The first-order valence-corrected chi connectivity index (χ1v) is 7.79. The Labute approximate surface area is 127 Å². The second-order valence-electron chi connectivity index (χ2n) is 6.00. The minimum absolute atomic E-state index is 0.0391. The number of carbonyl (C=O) groups excluding carboxylic acids is 2. The summed E-state index contributed by atoms with van der Waals surface area (Å²) in [6.45, 7) is 10.5. The molecule has 1 rings (SSSR count). The third-order valence-electron chi connectivity index (χ3n) is 3.56. The minimum Gasteiger partial charge on any atom is -0.469 e. The lowest BCUT2D eigenvalue weighted by atomic mass is 10.2. The molecule has 1 heterocycles. The average molecular weight is 299 g/mol. The smallest absolute Gasteiger partial charge is 0.305 e. The first-order valence-electron chi connectivity index (χ1n) is 7.79. The fourth-order valence-corrected chi connectivity index (χ4v) is 2.47. The van der Waals surface area contributed by atoms with E-state index in [1.165, 1.54) is 7.11 Å². The van der Waals surface area contributed by atoms with Crippen molar-refractivity contribution in [2.24, 2.45) is 5.92 Å². The Balaban J connectivity index is 2.09. The van der Waals surface area contributed by atoms with Crippen LogP contribution in [0.3, 0.4) is 0 Å². The maximum absolute atomic E-state index is 11.8. The molecule has 1 aliphatic heterocycles. The highest BCUT2D eigenvalue weighted by molar-refractivity contribution is 5.78. The van der Waals surface area contributed by atoms with E-state index in [1.807, 2.05) is 0 Å². The number of ether oxygens (including phenoxy) is 1. The van der Waals surface area contributed by atoms with Gasteiger partial charge in [0.25, 0.3) is 0 Å². The van der Waals surface area contributed by atoms with E-state index in [0.29, 0.717) is 31.8 Å². The number of nitrogens with one attached hydrogen (secondary N) is 1. The summed E-state index contributed by atoms with van der Waals surface area (Å²) in [6, 6.07) is 0. The van der Waals surface area contributed by atoms with Gasteiger partial charge in [0.1, 0.15) is 0 Å². The van der Waals surface area contributed by atoms with Crippen LogP contribution in [0.15, 0.2) is 0 Å². The van der Waals surface area contributed by atoms with Crippen molar-refractivity contribution in [3.8, 4) is 0 Å². The maximum Gasteiger partial charge on any atom is 0.305 e. The summed E-state index contributed by atoms with van der Waals surface area (Å²) in [4.78, 5) is 27.4. The Morgan fingerprint density at radius 1 is 1.14 bits per heavy atom. The fraction of sp³-hybridized carbons (Fsp3) is 0.867. The predicted octanol–water partition coefficient (Wildman–Crippen LogP) is 0.329. The van der Waals surface area contributed by atoms with Crippen LogP contribution in [-0.4, -0.2) is 74.6 Å². The van der Waals surface area contributed by atoms with E-state index < -0.39 is 0 Å². The molecule has 0 aromatic carbocycles. The third kappa shape index (κ3) is 8.02. The van der Waals surface area contributed by atoms with Crippen LogP contribution >= 0.6 is 0 Å². The van der Waals surface area contributed by atoms with E-state index in [2.05, 4.69) is 33.7 Å². The second-order valence-corrected chi connectivity index (χ2v) is 6.00. The zero-order valence-corrected chi connectivity index (χ0v) is 13.6. The van der Waals surface area contributed by atoms with Crippen LogP contribution in [0, 0.1) is 5.92 Å². The van der Waals surface area contributed by atoms with E-state index in [-0.39, 0.29) is 11.9 Å². The zero-order valence-electron chi connectivity index (χ0n) is 13.6. The van der Waals surface area contributed by atoms with Gasteiger partial charge in [-0.2, -0.15) is 0 Å². The largest absolute Gasteiger partial charge is 0.469 e. The number of piperazine rings is 1. The molecule has 1 N–H and O–H groups in total. The number of methoxy groups -OCH3 is 1. The first-order chi connectivity index (χ1) is 10.0. The minimum atomic E-state index is -0.231. The highest BCUT2D eigenvalue weighted by atomic mass is 16.5. The van der Waals surface area contributed by atoms with Gasteiger partial charge in [-0.05, 0) is 12.3 Å². The van der Waals surface area contributed by atoms with Gasteiger partial charge < -0.3 is 15.0 Å². The summed E-state index contributed by atoms with van der Waals surface area (Å²) >= 11 is 0. The van der Waals surface area contributed by atoms with Gasteiger partial charge >= 0.3 is 5.97 Å². The van der Waals surface area contributed by atoms with Gasteiger partial charge in [-0.15, -0.1) is 0 Å². The predicted molar refractivity (Wildman–Crippen MR) is 82.0 cm³/mol. The monoisotopic (exact) mass is 299 g/mol. The normalized spacial score (nSPS) is 17.0. The highest BCUT2D eigenvalue weighted by Gasteiger charge is 2.19. The molecule has 0 aromatic rings. The summed E-state index contributed by atoms with van der Waals surface area (Å²) in [6.07, 6.45) is 0.977. The van der Waals surface area contributed by atoms with Crippen LogP contribution in [0.5, 0.6) is 0 Å². The highest BCUT2D eigenvalue weighted by Crippen LogP contribution is 2.04. The van der Waals surface area contributed by atoms with Crippen LogP contribution in [0.2, 0.25) is 0 Å². The molecular weight excluding hydrogens is 270 g/mol. The van der Waals surface area contributed by atoms with Crippen molar-refractivity contribution < 1.29 is 14.3 Å². The quantitative estimate of drug-likeness (QED) is 0.517.